The van der Waals surface area contributed by atoms with Gasteiger partial charge in [0.1, 0.15) is 0 Å². The van der Waals surface area contributed by atoms with E-state index in [4.69, 9.17) is 4.74 Å². The molecule has 1 fully saturated rings. The molecule has 1 aromatic heterocycles. The Bertz CT molecular complexity index is 465. The lowest BCUT2D eigenvalue weighted by atomic mass is 9.80. The van der Waals surface area contributed by atoms with E-state index >= 15 is 0 Å². The summed E-state index contributed by atoms with van der Waals surface area (Å²) >= 11 is 1.63. The Morgan fingerprint density at radius 3 is 2.90 bits per heavy atom. The van der Waals surface area contributed by atoms with Crippen LogP contribution < -0.4 is 4.90 Å². The molecule has 0 aliphatic carbocycles. The first-order valence-electron chi connectivity index (χ1n) is 7.25. The molecule has 1 aliphatic heterocycles. The third-order valence-electron chi connectivity index (χ3n) is 3.85. The summed E-state index contributed by atoms with van der Waals surface area (Å²) in [6.45, 7) is 11.3. The van der Waals surface area contributed by atoms with E-state index in [0.717, 1.165) is 23.9 Å². The zero-order chi connectivity index (χ0) is 14.8. The predicted molar refractivity (Wildman–Crippen MR) is 82.2 cm³/mol. The molecule has 1 unspecified atom stereocenters. The number of ether oxygens (including phenoxy) is 1. The molecular formula is C15H24N2O2S. The smallest absolute Gasteiger partial charge is 0.311 e. The second kappa shape index (κ2) is 6.12. The van der Waals surface area contributed by atoms with E-state index in [1.54, 1.807) is 11.3 Å². The summed E-state index contributed by atoms with van der Waals surface area (Å²) in [5, 5.41) is 3.01. The van der Waals surface area contributed by atoms with Crippen molar-refractivity contribution in [3.63, 3.8) is 0 Å². The van der Waals surface area contributed by atoms with Gasteiger partial charge in [0.25, 0.3) is 0 Å². The topological polar surface area (TPSA) is 42.4 Å². The van der Waals surface area contributed by atoms with Gasteiger partial charge in [-0.05, 0) is 24.7 Å². The van der Waals surface area contributed by atoms with Crippen LogP contribution >= 0.6 is 11.3 Å². The number of aromatic nitrogens is 1. The Hall–Kier alpha value is -1.10. The van der Waals surface area contributed by atoms with Crippen LogP contribution in [0.25, 0.3) is 0 Å². The van der Waals surface area contributed by atoms with Gasteiger partial charge in [-0.1, -0.05) is 20.8 Å². The maximum absolute atomic E-state index is 11.5. The van der Waals surface area contributed by atoms with Gasteiger partial charge in [-0.3, -0.25) is 4.79 Å². The SMILES string of the molecule is CCOC(=O)Cc1csc(N2CCC(C(C)(C)C)C2)n1. The molecule has 0 N–H and O–H groups in total. The van der Waals surface area contributed by atoms with E-state index in [2.05, 4.69) is 30.7 Å². The molecule has 20 heavy (non-hydrogen) atoms. The molecular weight excluding hydrogens is 272 g/mol. The maximum atomic E-state index is 11.5. The molecule has 112 valence electrons. The largest absolute Gasteiger partial charge is 0.466 e. The van der Waals surface area contributed by atoms with Gasteiger partial charge >= 0.3 is 5.97 Å². The van der Waals surface area contributed by atoms with Crippen LogP contribution in [0.5, 0.6) is 0 Å². The molecule has 0 amide bonds. The van der Waals surface area contributed by atoms with Gasteiger partial charge in [-0.25, -0.2) is 4.98 Å². The Labute approximate surface area is 125 Å². The Balaban J connectivity index is 1.95. The van der Waals surface area contributed by atoms with Crippen LogP contribution in [0.3, 0.4) is 0 Å². The fourth-order valence-corrected chi connectivity index (χ4v) is 3.39. The van der Waals surface area contributed by atoms with E-state index < -0.39 is 0 Å². The maximum Gasteiger partial charge on any atom is 0.311 e. The molecule has 0 spiro atoms. The quantitative estimate of drug-likeness (QED) is 0.801. The first kappa shape index (κ1) is 15.3. The van der Waals surface area contributed by atoms with Gasteiger partial charge in [0.15, 0.2) is 5.13 Å². The van der Waals surface area contributed by atoms with Crippen LogP contribution in [-0.4, -0.2) is 30.6 Å². The predicted octanol–water partition coefficient (Wildman–Crippen LogP) is 3.12. The van der Waals surface area contributed by atoms with Crippen molar-refractivity contribution in [1.82, 2.24) is 4.98 Å². The number of nitrogens with zero attached hydrogens (tertiary/aromatic N) is 2. The number of rotatable bonds is 4. The minimum atomic E-state index is -0.196. The fraction of sp³-hybridized carbons (Fsp3) is 0.733. The molecule has 2 heterocycles. The first-order valence-corrected chi connectivity index (χ1v) is 8.13. The third-order valence-corrected chi connectivity index (χ3v) is 4.80. The molecule has 1 aromatic rings. The number of carbonyl (C=O) groups excluding carboxylic acids is 1. The van der Waals surface area contributed by atoms with Crippen LogP contribution in [0.1, 0.15) is 39.8 Å². The van der Waals surface area contributed by atoms with Crippen LogP contribution in [0.2, 0.25) is 0 Å². The normalized spacial score (nSPS) is 19.4. The minimum absolute atomic E-state index is 0.196. The molecule has 5 heteroatoms. The number of carbonyl (C=O) groups is 1. The molecule has 1 saturated heterocycles. The average Bonchev–Trinajstić information content (AvgIpc) is 2.95. The zero-order valence-corrected chi connectivity index (χ0v) is 13.6. The lowest BCUT2D eigenvalue weighted by Gasteiger charge is -2.26. The van der Waals surface area contributed by atoms with Gasteiger partial charge in [0.05, 0.1) is 18.7 Å². The molecule has 0 aromatic carbocycles. The van der Waals surface area contributed by atoms with Crippen molar-refractivity contribution in [3.8, 4) is 0 Å². The summed E-state index contributed by atoms with van der Waals surface area (Å²) in [5.41, 5.74) is 1.17. The lowest BCUT2D eigenvalue weighted by Crippen LogP contribution is -2.25. The van der Waals surface area contributed by atoms with Gasteiger partial charge in [-0.2, -0.15) is 0 Å². The van der Waals surface area contributed by atoms with Crippen molar-refractivity contribution in [2.24, 2.45) is 11.3 Å². The molecule has 0 saturated carbocycles. The molecule has 4 nitrogen and oxygen atoms in total. The van der Waals surface area contributed by atoms with Crippen molar-refractivity contribution >= 4 is 22.4 Å². The highest BCUT2D eigenvalue weighted by molar-refractivity contribution is 7.13. The van der Waals surface area contributed by atoms with Crippen molar-refractivity contribution in [2.45, 2.75) is 40.5 Å². The van der Waals surface area contributed by atoms with Crippen molar-refractivity contribution < 1.29 is 9.53 Å². The number of hydrogen-bond donors (Lipinski definition) is 0. The van der Waals surface area contributed by atoms with Gasteiger partial charge in [-0.15, -0.1) is 11.3 Å². The van der Waals surface area contributed by atoms with Crippen LogP contribution in [-0.2, 0) is 16.0 Å². The van der Waals surface area contributed by atoms with Crippen molar-refractivity contribution in [2.75, 3.05) is 24.6 Å². The number of anilines is 1. The summed E-state index contributed by atoms with van der Waals surface area (Å²) in [4.78, 5) is 18.4. The second-order valence-electron chi connectivity index (χ2n) is 6.40. The monoisotopic (exact) mass is 296 g/mol. The Morgan fingerprint density at radius 1 is 1.55 bits per heavy atom. The van der Waals surface area contributed by atoms with Crippen LogP contribution in [0, 0.1) is 11.3 Å². The van der Waals surface area contributed by atoms with Gasteiger partial charge in [0, 0.05) is 18.5 Å². The fourth-order valence-electron chi connectivity index (χ4n) is 2.52. The number of thiazole rings is 1. The second-order valence-corrected chi connectivity index (χ2v) is 7.24. The first-order chi connectivity index (χ1) is 9.40. The van der Waals surface area contributed by atoms with Gasteiger partial charge < -0.3 is 9.64 Å². The highest BCUT2D eigenvalue weighted by Gasteiger charge is 2.32. The summed E-state index contributed by atoms with van der Waals surface area (Å²) in [5.74, 6) is 0.512. The molecule has 1 aliphatic rings. The molecule has 0 bridgehead atoms. The number of hydrogen-bond acceptors (Lipinski definition) is 5. The molecule has 0 radical (unpaired) electrons. The zero-order valence-electron chi connectivity index (χ0n) is 12.8. The Morgan fingerprint density at radius 2 is 2.30 bits per heavy atom. The van der Waals surface area contributed by atoms with Crippen LogP contribution in [0.4, 0.5) is 5.13 Å². The van der Waals surface area contributed by atoms with E-state index in [1.165, 1.54) is 6.42 Å². The average molecular weight is 296 g/mol. The minimum Gasteiger partial charge on any atom is -0.466 e. The lowest BCUT2D eigenvalue weighted by molar-refractivity contribution is -0.142. The summed E-state index contributed by atoms with van der Waals surface area (Å²) < 4.78 is 4.95. The third kappa shape index (κ3) is 3.72. The summed E-state index contributed by atoms with van der Waals surface area (Å²) in [6.07, 6.45) is 1.50. The highest BCUT2D eigenvalue weighted by atomic mass is 32.1. The van der Waals surface area contributed by atoms with E-state index in [9.17, 15) is 4.79 Å². The van der Waals surface area contributed by atoms with E-state index in [-0.39, 0.29) is 12.4 Å². The molecule has 1 atom stereocenters. The molecule has 2 rings (SSSR count). The Kier molecular flexibility index (Phi) is 4.68. The van der Waals surface area contributed by atoms with Crippen LogP contribution in [0.15, 0.2) is 5.38 Å². The summed E-state index contributed by atoms with van der Waals surface area (Å²) in [7, 11) is 0. The van der Waals surface area contributed by atoms with E-state index in [0.29, 0.717) is 17.9 Å². The standard InChI is InChI=1S/C15H24N2O2S/c1-5-19-13(18)8-12-10-20-14(16-12)17-7-6-11(9-17)15(2,3)4/h10-11H,5-9H2,1-4H3. The van der Waals surface area contributed by atoms with Gasteiger partial charge in [0.2, 0.25) is 0 Å². The van der Waals surface area contributed by atoms with Crippen molar-refractivity contribution in [1.29, 1.82) is 0 Å². The highest BCUT2D eigenvalue weighted by Crippen LogP contribution is 2.36. The summed E-state index contributed by atoms with van der Waals surface area (Å²) in [6, 6.07) is 0. The number of esters is 1. The van der Waals surface area contributed by atoms with E-state index in [1.807, 2.05) is 12.3 Å². The van der Waals surface area contributed by atoms with Crippen molar-refractivity contribution in [3.05, 3.63) is 11.1 Å².